The lowest BCUT2D eigenvalue weighted by molar-refractivity contribution is -0.364. The van der Waals surface area contributed by atoms with E-state index >= 15 is 8.78 Å². The van der Waals surface area contributed by atoms with Gasteiger partial charge in [-0.1, -0.05) is 32.9 Å². The normalized spacial score (nSPS) is 26.2. The van der Waals surface area contributed by atoms with Crippen molar-refractivity contribution >= 4 is 11.9 Å². The van der Waals surface area contributed by atoms with Gasteiger partial charge in [-0.2, -0.15) is 4.39 Å². The van der Waals surface area contributed by atoms with Crippen LogP contribution in [0.15, 0.2) is 24.3 Å². The average molecular weight is 445 g/mol. The first-order chi connectivity index (χ1) is 14.5. The lowest BCUT2D eigenvalue weighted by Crippen LogP contribution is -2.65. The first-order valence-electron chi connectivity index (χ1n) is 9.87. The van der Waals surface area contributed by atoms with Gasteiger partial charge in [-0.25, -0.2) is 9.18 Å². The molecular formula is C21H29F2NO7. The van der Waals surface area contributed by atoms with Crippen LogP contribution in [0.1, 0.15) is 38.1 Å². The number of nitrogens with one attached hydrogen (secondary N) is 1. The van der Waals surface area contributed by atoms with Crippen LogP contribution < -0.4 is 10.1 Å². The predicted molar refractivity (Wildman–Crippen MR) is 106 cm³/mol. The molecule has 0 aromatic heterocycles. The van der Waals surface area contributed by atoms with Crippen LogP contribution in [0, 0.1) is 5.41 Å². The van der Waals surface area contributed by atoms with Gasteiger partial charge in [0.15, 0.2) is 12.3 Å². The molecule has 1 aromatic rings. The molecule has 31 heavy (non-hydrogen) atoms. The maximum atomic E-state index is 15.7. The molecule has 1 amide bonds. The molecule has 1 aliphatic rings. The highest BCUT2D eigenvalue weighted by Crippen LogP contribution is 2.36. The van der Waals surface area contributed by atoms with Gasteiger partial charge in [0.2, 0.25) is 5.91 Å². The minimum absolute atomic E-state index is 0.0611. The van der Waals surface area contributed by atoms with Gasteiger partial charge in [0.1, 0.15) is 18.1 Å². The van der Waals surface area contributed by atoms with Crippen molar-refractivity contribution in [3.8, 4) is 5.75 Å². The van der Waals surface area contributed by atoms with Gasteiger partial charge < -0.3 is 29.0 Å². The van der Waals surface area contributed by atoms with Crippen molar-refractivity contribution in [2.45, 2.75) is 52.1 Å². The van der Waals surface area contributed by atoms with E-state index in [1.54, 1.807) is 33.8 Å². The van der Waals surface area contributed by atoms with Gasteiger partial charge in [0.05, 0.1) is 19.3 Å². The number of ether oxygens (including phenoxy) is 5. The third-order valence-corrected chi connectivity index (χ3v) is 4.47. The highest BCUT2D eigenvalue weighted by Gasteiger charge is 2.57. The summed E-state index contributed by atoms with van der Waals surface area (Å²) in [6.07, 6.45) is -3.95. The molecule has 2 rings (SSSR count). The molecule has 1 heterocycles. The highest BCUT2D eigenvalue weighted by molar-refractivity contribution is 5.92. The molecule has 4 unspecified atom stereocenters. The Labute approximate surface area is 180 Å². The van der Waals surface area contributed by atoms with Crippen molar-refractivity contribution in [2.24, 2.45) is 5.41 Å². The van der Waals surface area contributed by atoms with Crippen molar-refractivity contribution in [1.82, 2.24) is 5.32 Å². The lowest BCUT2D eigenvalue weighted by atomic mass is 9.94. The lowest BCUT2D eigenvalue weighted by Gasteiger charge is -2.42. The zero-order chi connectivity index (χ0) is 23.2. The van der Waals surface area contributed by atoms with E-state index in [4.69, 9.17) is 23.7 Å². The van der Waals surface area contributed by atoms with Crippen LogP contribution in [0.3, 0.4) is 0 Å². The second kappa shape index (κ2) is 10.3. The fraction of sp³-hybridized carbons (Fsp3) is 0.619. The highest BCUT2D eigenvalue weighted by atomic mass is 19.2. The van der Waals surface area contributed by atoms with Crippen molar-refractivity contribution in [1.29, 1.82) is 0 Å². The number of hydrogen-bond donors (Lipinski definition) is 1. The van der Waals surface area contributed by atoms with Gasteiger partial charge in [-0.15, -0.1) is 0 Å². The average Bonchev–Trinajstić information content (AvgIpc) is 2.70. The molecule has 1 N–H and O–H groups in total. The standard InChI is InChI=1S/C21H29F2NO7/c1-6-28-18(25)13-9-7-8-10-15(13)31-21(23)17(29-12-27-5)16(22)14(11-30-21)24-19(26)20(2,3)4/h7-10,14,16-17H,6,11-12H2,1-5H3,(H,24,26). The van der Waals surface area contributed by atoms with Crippen molar-refractivity contribution in [3.05, 3.63) is 29.8 Å². The molecule has 0 spiro atoms. The van der Waals surface area contributed by atoms with E-state index in [0.29, 0.717) is 0 Å². The molecule has 10 heteroatoms. The van der Waals surface area contributed by atoms with Crippen LogP contribution in [0.5, 0.6) is 5.75 Å². The molecule has 0 aliphatic carbocycles. The Morgan fingerprint density at radius 1 is 1.29 bits per heavy atom. The molecule has 174 valence electrons. The molecule has 0 saturated carbocycles. The first kappa shape index (κ1) is 25.0. The number of hydrogen-bond acceptors (Lipinski definition) is 7. The van der Waals surface area contributed by atoms with E-state index < -0.39 is 55.0 Å². The van der Waals surface area contributed by atoms with E-state index in [-0.39, 0.29) is 17.9 Å². The zero-order valence-corrected chi connectivity index (χ0v) is 18.3. The van der Waals surface area contributed by atoms with Crippen molar-refractivity contribution < 1.29 is 42.1 Å². The van der Waals surface area contributed by atoms with E-state index in [1.807, 2.05) is 0 Å². The smallest absolute Gasteiger partial charge is 0.393 e. The van der Waals surface area contributed by atoms with E-state index in [9.17, 15) is 9.59 Å². The van der Waals surface area contributed by atoms with Crippen LogP contribution in [0.2, 0.25) is 0 Å². The summed E-state index contributed by atoms with van der Waals surface area (Å²) in [7, 11) is 1.28. The summed E-state index contributed by atoms with van der Waals surface area (Å²) < 4.78 is 56.4. The quantitative estimate of drug-likeness (QED) is 0.486. The van der Waals surface area contributed by atoms with E-state index in [0.717, 1.165) is 0 Å². The third kappa shape index (κ3) is 6.11. The van der Waals surface area contributed by atoms with Gasteiger partial charge >= 0.3 is 12.0 Å². The summed E-state index contributed by atoms with van der Waals surface area (Å²) >= 11 is 0. The maximum absolute atomic E-state index is 15.7. The minimum Gasteiger partial charge on any atom is -0.462 e. The summed E-state index contributed by atoms with van der Waals surface area (Å²) in [6, 6.07) is 1.48. The second-order valence-electron chi connectivity index (χ2n) is 7.98. The Bertz CT molecular complexity index is 770. The summed E-state index contributed by atoms with van der Waals surface area (Å²) in [5, 5.41) is 2.51. The summed E-state index contributed by atoms with van der Waals surface area (Å²) in [6.45, 7) is 5.73. The number of rotatable bonds is 8. The Morgan fingerprint density at radius 3 is 2.58 bits per heavy atom. The molecule has 0 bridgehead atoms. The number of alkyl halides is 2. The van der Waals surface area contributed by atoms with E-state index in [2.05, 4.69) is 5.32 Å². The summed E-state index contributed by atoms with van der Waals surface area (Å²) in [4.78, 5) is 24.4. The molecule has 1 saturated heterocycles. The molecular weight excluding hydrogens is 416 g/mol. The van der Waals surface area contributed by atoms with Crippen molar-refractivity contribution in [2.75, 3.05) is 27.1 Å². The molecule has 4 atom stereocenters. The summed E-state index contributed by atoms with van der Waals surface area (Å²) in [5.74, 6) is -1.38. The zero-order valence-electron chi connectivity index (χ0n) is 18.3. The Kier molecular flexibility index (Phi) is 8.33. The molecule has 0 radical (unpaired) electrons. The predicted octanol–water partition coefficient (Wildman–Crippen LogP) is 2.75. The monoisotopic (exact) mass is 445 g/mol. The SMILES string of the molecule is CCOC(=O)c1ccccc1OC1(F)OCC(NC(=O)C(C)(C)C)C(F)C1OCOC. The number of esters is 1. The molecule has 1 fully saturated rings. The Balaban J connectivity index is 2.28. The number of benzene rings is 1. The fourth-order valence-corrected chi connectivity index (χ4v) is 2.79. The number of halogens is 2. The van der Waals surface area contributed by atoms with E-state index in [1.165, 1.54) is 25.3 Å². The maximum Gasteiger partial charge on any atom is 0.393 e. The number of carbonyl (C=O) groups is 2. The van der Waals surface area contributed by atoms with Gasteiger partial charge in [-0.3, -0.25) is 4.79 Å². The van der Waals surface area contributed by atoms with Crippen LogP contribution in [-0.4, -0.2) is 63.4 Å². The van der Waals surface area contributed by atoms with Gasteiger partial charge in [0.25, 0.3) is 0 Å². The molecule has 8 nitrogen and oxygen atoms in total. The topological polar surface area (TPSA) is 92.3 Å². The summed E-state index contributed by atoms with van der Waals surface area (Å²) in [5.41, 5.74) is -0.851. The van der Waals surface area contributed by atoms with Gasteiger partial charge in [-0.05, 0) is 19.1 Å². The van der Waals surface area contributed by atoms with Crippen LogP contribution >= 0.6 is 0 Å². The first-order valence-corrected chi connectivity index (χ1v) is 9.87. The molecule has 1 aromatic carbocycles. The third-order valence-electron chi connectivity index (χ3n) is 4.47. The largest absolute Gasteiger partial charge is 0.462 e. The number of amides is 1. The van der Waals surface area contributed by atoms with Crippen molar-refractivity contribution in [3.63, 3.8) is 0 Å². The van der Waals surface area contributed by atoms with Crippen LogP contribution in [-0.2, 0) is 23.7 Å². The fourth-order valence-electron chi connectivity index (χ4n) is 2.79. The second-order valence-corrected chi connectivity index (χ2v) is 7.98. The van der Waals surface area contributed by atoms with Crippen LogP contribution in [0.4, 0.5) is 8.78 Å². The van der Waals surface area contributed by atoms with Crippen LogP contribution in [0.25, 0.3) is 0 Å². The Hall–Kier alpha value is -2.30. The molecule has 1 aliphatic heterocycles. The minimum atomic E-state index is -3.09. The number of methoxy groups -OCH3 is 1. The Morgan fingerprint density at radius 2 is 1.97 bits per heavy atom. The number of para-hydroxylation sites is 1. The van der Waals surface area contributed by atoms with Gasteiger partial charge in [0, 0.05) is 12.5 Å². The number of carbonyl (C=O) groups excluding carboxylic acids is 2.